The smallest absolute Gasteiger partial charge is 0.418 e. The van der Waals surface area contributed by atoms with Gasteiger partial charge in [0.2, 0.25) is 0 Å². The number of H-pyrrole nitrogens is 1. The highest BCUT2D eigenvalue weighted by molar-refractivity contribution is 6.76. The molecule has 3 heterocycles. The van der Waals surface area contributed by atoms with Crippen LogP contribution < -0.4 is 15.4 Å². The molecular weight excluding hydrogens is 557 g/mol. The van der Waals surface area contributed by atoms with Gasteiger partial charge in [-0.3, -0.25) is 5.10 Å². The average molecular weight is 584 g/mol. The van der Waals surface area contributed by atoms with Crippen LogP contribution in [-0.2, 0) is 24.2 Å². The first-order valence-electron chi connectivity index (χ1n) is 12.0. The molecule has 0 radical (unpaired) electrons. The number of benzene rings is 1. The van der Waals surface area contributed by atoms with Crippen molar-refractivity contribution in [3.05, 3.63) is 59.7 Å². The number of carbonyl (C=O) groups is 1. The van der Waals surface area contributed by atoms with E-state index < -0.39 is 54.4 Å². The molecule has 0 bridgehead atoms. The number of halogens is 5. The first kappa shape index (κ1) is 28.9. The second-order valence-corrected chi connectivity index (χ2v) is 15.6. The number of pyridine rings is 1. The Morgan fingerprint density at radius 2 is 1.90 bits per heavy atom. The average Bonchev–Trinajstić information content (AvgIpc) is 3.51. The van der Waals surface area contributed by atoms with Crippen LogP contribution in [0.2, 0.25) is 25.7 Å². The quantitative estimate of drug-likeness (QED) is 0.122. The van der Waals surface area contributed by atoms with Gasteiger partial charge in [0, 0.05) is 44.9 Å². The molecule has 10 nitrogen and oxygen atoms in total. The monoisotopic (exact) mass is 583 g/mol. The molecule has 0 fully saturated rings. The zero-order chi connectivity index (χ0) is 29.1. The Kier molecular flexibility index (Phi) is 8.39. The number of hydrogen-bond donors (Lipinski definition) is 3. The summed E-state index contributed by atoms with van der Waals surface area (Å²) in [4.78, 5) is 16.1. The molecule has 0 aliphatic carbocycles. The lowest BCUT2D eigenvalue weighted by atomic mass is 10.2. The number of aromatic nitrogens is 5. The number of amides is 2. The lowest BCUT2D eigenvalue weighted by molar-refractivity contribution is -0.136. The second-order valence-electron chi connectivity index (χ2n) is 10.0. The Morgan fingerprint density at radius 3 is 2.52 bits per heavy atom. The first-order valence-corrected chi connectivity index (χ1v) is 15.7. The van der Waals surface area contributed by atoms with Gasteiger partial charge in [0.05, 0.1) is 29.4 Å². The molecule has 0 saturated carbocycles. The molecule has 0 saturated heterocycles. The Labute approximate surface area is 225 Å². The highest BCUT2D eigenvalue weighted by Gasteiger charge is 2.37. The predicted molar refractivity (Wildman–Crippen MR) is 138 cm³/mol. The van der Waals surface area contributed by atoms with Gasteiger partial charge in [-0.25, -0.2) is 18.6 Å². The number of ether oxygens (including phenoxy) is 2. The molecule has 3 aromatic heterocycles. The number of alkyl halides is 3. The molecule has 16 heteroatoms. The minimum Gasteiger partial charge on any atom is -0.450 e. The van der Waals surface area contributed by atoms with Gasteiger partial charge >= 0.3 is 12.2 Å². The number of aromatic amines is 1. The largest absolute Gasteiger partial charge is 0.450 e. The fraction of sp³-hybridized carbons (Fsp3) is 0.333. The van der Waals surface area contributed by atoms with E-state index in [0.29, 0.717) is 12.3 Å². The van der Waals surface area contributed by atoms with E-state index in [1.54, 1.807) is 0 Å². The fourth-order valence-electron chi connectivity index (χ4n) is 3.62. The van der Waals surface area contributed by atoms with Crippen LogP contribution in [0.25, 0.3) is 11.0 Å². The summed E-state index contributed by atoms with van der Waals surface area (Å²) < 4.78 is 83.7. The molecule has 1 aromatic carbocycles. The van der Waals surface area contributed by atoms with Crippen molar-refractivity contribution in [2.45, 2.75) is 45.1 Å². The number of anilines is 1. The van der Waals surface area contributed by atoms with E-state index in [9.17, 15) is 26.7 Å². The van der Waals surface area contributed by atoms with Crippen molar-refractivity contribution in [2.24, 2.45) is 0 Å². The zero-order valence-corrected chi connectivity index (χ0v) is 22.7. The van der Waals surface area contributed by atoms with Crippen LogP contribution in [0.4, 0.5) is 32.4 Å². The number of urea groups is 1. The van der Waals surface area contributed by atoms with E-state index in [4.69, 9.17) is 9.47 Å². The Morgan fingerprint density at radius 1 is 1.18 bits per heavy atom. The maximum Gasteiger partial charge on any atom is 0.418 e. The molecule has 0 atom stereocenters. The van der Waals surface area contributed by atoms with Crippen LogP contribution in [0.15, 0.2) is 36.8 Å². The highest BCUT2D eigenvalue weighted by Crippen LogP contribution is 2.42. The van der Waals surface area contributed by atoms with Crippen LogP contribution in [0, 0.1) is 11.6 Å². The summed E-state index contributed by atoms with van der Waals surface area (Å²) in [7, 11) is -1.42. The van der Waals surface area contributed by atoms with E-state index in [-0.39, 0.29) is 24.6 Å². The zero-order valence-electron chi connectivity index (χ0n) is 21.7. The molecule has 3 N–H and O–H groups in total. The molecule has 0 aliphatic heterocycles. The van der Waals surface area contributed by atoms with Gasteiger partial charge in [-0.1, -0.05) is 24.9 Å². The van der Waals surface area contributed by atoms with Gasteiger partial charge in [-0.15, -0.1) is 5.10 Å². The Balaban J connectivity index is 1.56. The van der Waals surface area contributed by atoms with Gasteiger partial charge in [-0.05, 0) is 12.1 Å². The SMILES string of the molecule is C[Si](C)(C)CCOCn1cc(C(F)(F)F)c2c(Oc3c(F)cc(NC(=O)NCc4cnn[nH]4)cc3F)ccnc21. The van der Waals surface area contributed by atoms with E-state index in [2.05, 4.69) is 50.7 Å². The standard InChI is InChI=1S/C24H26F5N7O3Si/c1-40(2,3)7-6-38-13-36-12-16(24(27,28)29)20-19(4-5-30-22(20)36)39-21-17(25)8-14(9-18(21)26)33-23(37)31-10-15-11-32-35-34-15/h4-5,8-9,11-12H,6-7,10,13H2,1-3H3,(H2,31,33,37)(H,32,34,35). The molecule has 0 spiro atoms. The van der Waals surface area contributed by atoms with E-state index >= 15 is 0 Å². The summed E-state index contributed by atoms with van der Waals surface area (Å²) in [6, 6.07) is 2.66. The third-order valence-electron chi connectivity index (χ3n) is 5.62. The number of nitrogens with one attached hydrogen (secondary N) is 3. The summed E-state index contributed by atoms with van der Waals surface area (Å²) in [6.45, 7) is 6.62. The Hall–Kier alpha value is -4.05. The van der Waals surface area contributed by atoms with Crippen LogP contribution in [0.3, 0.4) is 0 Å². The first-order chi connectivity index (χ1) is 18.8. The molecule has 4 rings (SSSR count). The van der Waals surface area contributed by atoms with Crippen molar-refractivity contribution in [1.82, 2.24) is 30.3 Å². The third-order valence-corrected chi connectivity index (χ3v) is 7.33. The third kappa shape index (κ3) is 7.12. The number of hydrogen-bond acceptors (Lipinski definition) is 6. The molecule has 0 aliphatic rings. The van der Waals surface area contributed by atoms with Crippen molar-refractivity contribution < 1.29 is 36.2 Å². The van der Waals surface area contributed by atoms with Crippen LogP contribution in [-0.4, -0.2) is 45.7 Å². The van der Waals surface area contributed by atoms with Crippen molar-refractivity contribution >= 4 is 30.8 Å². The summed E-state index contributed by atoms with van der Waals surface area (Å²) in [5, 5.41) is 13.8. The summed E-state index contributed by atoms with van der Waals surface area (Å²) in [6.07, 6.45) is -1.44. The van der Waals surface area contributed by atoms with Gasteiger partial charge in [0.15, 0.2) is 17.4 Å². The normalized spacial score (nSPS) is 12.1. The van der Waals surface area contributed by atoms with Crippen LogP contribution in [0.1, 0.15) is 11.3 Å². The summed E-state index contributed by atoms with van der Waals surface area (Å²) in [5.41, 5.74) is -0.978. The van der Waals surface area contributed by atoms with Crippen molar-refractivity contribution in [3.63, 3.8) is 0 Å². The summed E-state index contributed by atoms with van der Waals surface area (Å²) >= 11 is 0. The minimum atomic E-state index is -4.81. The highest BCUT2D eigenvalue weighted by atomic mass is 28.3. The molecule has 214 valence electrons. The predicted octanol–water partition coefficient (Wildman–Crippen LogP) is 5.88. The number of rotatable bonds is 10. The molecular formula is C24H26F5N7O3Si. The van der Waals surface area contributed by atoms with Crippen molar-refractivity contribution in [3.8, 4) is 11.5 Å². The Bertz CT molecular complexity index is 1460. The molecule has 2 amide bonds. The van der Waals surface area contributed by atoms with E-state index in [1.807, 2.05) is 0 Å². The summed E-state index contributed by atoms with van der Waals surface area (Å²) in [5.74, 6) is -3.90. The minimum absolute atomic E-state index is 0.0214. The maximum absolute atomic E-state index is 14.9. The van der Waals surface area contributed by atoms with Gasteiger partial charge in [-0.2, -0.15) is 13.2 Å². The van der Waals surface area contributed by atoms with Crippen molar-refractivity contribution in [1.29, 1.82) is 0 Å². The van der Waals surface area contributed by atoms with E-state index in [0.717, 1.165) is 30.4 Å². The number of nitrogens with zero attached hydrogens (tertiary/aromatic N) is 4. The van der Waals surface area contributed by atoms with Crippen LogP contribution in [0.5, 0.6) is 11.5 Å². The fourth-order valence-corrected chi connectivity index (χ4v) is 4.38. The molecule has 0 unspecified atom stereocenters. The van der Waals surface area contributed by atoms with Gasteiger partial charge < -0.3 is 24.7 Å². The topological polar surface area (TPSA) is 119 Å². The molecule has 40 heavy (non-hydrogen) atoms. The number of carbonyl (C=O) groups excluding carboxylic acids is 1. The lowest BCUT2D eigenvalue weighted by Gasteiger charge is -2.15. The van der Waals surface area contributed by atoms with E-state index in [1.165, 1.54) is 17.0 Å². The van der Waals surface area contributed by atoms with Gasteiger partial charge in [0.1, 0.15) is 18.1 Å². The maximum atomic E-state index is 14.9. The lowest BCUT2D eigenvalue weighted by Crippen LogP contribution is -2.28. The van der Waals surface area contributed by atoms with Crippen LogP contribution >= 0.6 is 0 Å². The number of fused-ring (bicyclic) bond motifs is 1. The molecule has 4 aromatic rings. The second kappa shape index (κ2) is 11.6. The van der Waals surface area contributed by atoms with Gasteiger partial charge in [0.25, 0.3) is 0 Å². The van der Waals surface area contributed by atoms with Crippen molar-refractivity contribution in [2.75, 3.05) is 11.9 Å².